The molecule has 8 nitrogen and oxygen atoms in total. The fraction of sp³-hybridized carbons (Fsp3) is 0.250. The molecule has 0 aliphatic carbocycles. The van der Waals surface area contributed by atoms with E-state index in [9.17, 15) is 14.0 Å². The van der Waals surface area contributed by atoms with Crippen LogP contribution in [0, 0.1) is 0 Å². The number of amides is 1. The summed E-state index contributed by atoms with van der Waals surface area (Å²) in [5.74, 6) is 0. The molecule has 2 aromatic heterocycles. The fourth-order valence-electron chi connectivity index (χ4n) is 2.82. The Bertz CT molecular complexity index is 1120. The van der Waals surface area contributed by atoms with Crippen LogP contribution >= 0.6 is 11.3 Å². The molecule has 30 heavy (non-hydrogen) atoms. The molecule has 0 saturated carbocycles. The minimum absolute atomic E-state index is 0.101. The Morgan fingerprint density at radius 3 is 2.83 bits per heavy atom. The van der Waals surface area contributed by atoms with Crippen molar-refractivity contribution in [3.8, 4) is 10.4 Å². The highest BCUT2D eigenvalue weighted by Gasteiger charge is 2.11. The molecule has 0 aliphatic heterocycles. The Morgan fingerprint density at radius 1 is 1.33 bits per heavy atom. The molecule has 2 N–H and O–H groups in total. The first-order valence-corrected chi connectivity index (χ1v) is 9.92. The normalized spacial score (nSPS) is 11.5. The van der Waals surface area contributed by atoms with Crippen molar-refractivity contribution >= 4 is 23.1 Å². The Morgan fingerprint density at radius 2 is 2.13 bits per heavy atom. The average Bonchev–Trinajstić information content (AvgIpc) is 3.33. The second-order valence-corrected chi connectivity index (χ2v) is 8.00. The lowest BCUT2D eigenvalue weighted by Gasteiger charge is -2.12. The number of carboxylic acid groups (broad SMARTS) is 1. The minimum Gasteiger partial charge on any atom is -0.465 e. The lowest BCUT2D eigenvalue weighted by molar-refractivity contribution is 0.195. The summed E-state index contributed by atoms with van der Waals surface area (Å²) in [6.45, 7) is -0.0000182. The van der Waals surface area contributed by atoms with Gasteiger partial charge in [-0.1, -0.05) is 12.1 Å². The first kappa shape index (κ1) is 21.3. The van der Waals surface area contributed by atoms with Crippen molar-refractivity contribution < 1.29 is 14.3 Å². The smallest absolute Gasteiger partial charge is 0.404 e. The van der Waals surface area contributed by atoms with Crippen molar-refractivity contribution in [1.82, 2.24) is 19.7 Å². The fourth-order valence-corrected chi connectivity index (χ4v) is 3.83. The van der Waals surface area contributed by atoms with Gasteiger partial charge in [0, 0.05) is 36.1 Å². The van der Waals surface area contributed by atoms with Crippen LogP contribution in [0.25, 0.3) is 10.4 Å². The SMILES string of the molecule is CN(C)c1cccc(-c2ccc(Cn3cnn(C/C(=C/F)CNC(=O)O)c3=O)s2)c1. The number of carbonyl (C=O) groups is 1. The summed E-state index contributed by atoms with van der Waals surface area (Å²) in [5, 5.41) is 14.7. The van der Waals surface area contributed by atoms with E-state index >= 15 is 0 Å². The molecule has 0 atom stereocenters. The number of anilines is 1. The molecule has 0 saturated heterocycles. The number of rotatable bonds is 8. The van der Waals surface area contributed by atoms with Crippen molar-refractivity contribution in [2.75, 3.05) is 25.5 Å². The first-order valence-electron chi connectivity index (χ1n) is 9.11. The number of nitrogens with zero attached hydrogens (tertiary/aromatic N) is 4. The Kier molecular flexibility index (Phi) is 6.68. The second-order valence-electron chi connectivity index (χ2n) is 6.84. The zero-order valence-corrected chi connectivity index (χ0v) is 17.4. The number of nitrogens with one attached hydrogen (secondary N) is 1. The quantitative estimate of drug-likeness (QED) is 0.572. The van der Waals surface area contributed by atoms with Gasteiger partial charge in [0.2, 0.25) is 0 Å². The standard InChI is InChI=1S/C20H22FN5O3S/c1-24(2)16-5-3-4-15(8-16)18-7-6-17(30-18)12-25-13-23-26(20(25)29)11-14(9-21)10-22-19(27)28/h3-9,13,22H,10-12H2,1-2H3,(H,27,28)/b14-9+. The zero-order chi connectivity index (χ0) is 21.7. The molecule has 2 heterocycles. The maximum absolute atomic E-state index is 13.0. The predicted molar refractivity (Wildman–Crippen MR) is 115 cm³/mol. The maximum atomic E-state index is 13.0. The van der Waals surface area contributed by atoms with Gasteiger partial charge in [-0.15, -0.1) is 11.3 Å². The van der Waals surface area contributed by atoms with E-state index in [2.05, 4.69) is 16.5 Å². The number of benzene rings is 1. The van der Waals surface area contributed by atoms with Crippen LogP contribution in [0.4, 0.5) is 14.9 Å². The van der Waals surface area contributed by atoms with Crippen LogP contribution in [0.2, 0.25) is 0 Å². The van der Waals surface area contributed by atoms with Gasteiger partial charge in [-0.05, 0) is 35.4 Å². The van der Waals surface area contributed by atoms with E-state index in [0.717, 1.165) is 25.7 Å². The molecule has 0 bridgehead atoms. The molecule has 0 aliphatic rings. The Balaban J connectivity index is 1.72. The molecule has 10 heteroatoms. The van der Waals surface area contributed by atoms with Gasteiger partial charge in [0.1, 0.15) is 6.33 Å². The molecule has 0 fully saturated rings. The van der Waals surface area contributed by atoms with Crippen molar-refractivity contribution in [3.05, 3.63) is 70.0 Å². The van der Waals surface area contributed by atoms with Crippen LogP contribution in [0.1, 0.15) is 4.88 Å². The molecule has 0 radical (unpaired) electrons. The van der Waals surface area contributed by atoms with Crippen LogP contribution in [-0.2, 0) is 13.1 Å². The molecular weight excluding hydrogens is 409 g/mol. The lowest BCUT2D eigenvalue weighted by atomic mass is 10.1. The molecule has 3 rings (SSSR count). The lowest BCUT2D eigenvalue weighted by Crippen LogP contribution is -2.29. The second kappa shape index (κ2) is 9.40. The van der Waals surface area contributed by atoms with Crippen LogP contribution in [0.5, 0.6) is 0 Å². The van der Waals surface area contributed by atoms with Gasteiger partial charge in [-0.2, -0.15) is 5.10 Å². The number of hydrogen-bond donors (Lipinski definition) is 2. The maximum Gasteiger partial charge on any atom is 0.404 e. The van der Waals surface area contributed by atoms with E-state index in [1.54, 1.807) is 11.3 Å². The van der Waals surface area contributed by atoms with E-state index in [-0.39, 0.29) is 25.0 Å². The van der Waals surface area contributed by atoms with Gasteiger partial charge in [0.05, 0.1) is 19.4 Å². The highest BCUT2D eigenvalue weighted by molar-refractivity contribution is 7.15. The van der Waals surface area contributed by atoms with Crippen molar-refractivity contribution in [2.24, 2.45) is 0 Å². The topological polar surface area (TPSA) is 92.4 Å². The highest BCUT2D eigenvalue weighted by Crippen LogP contribution is 2.30. The number of hydrogen-bond acceptors (Lipinski definition) is 5. The molecule has 0 spiro atoms. The van der Waals surface area contributed by atoms with Gasteiger partial charge in [-0.3, -0.25) is 4.57 Å². The number of thiophene rings is 1. The van der Waals surface area contributed by atoms with E-state index in [0.29, 0.717) is 6.54 Å². The van der Waals surface area contributed by atoms with Crippen LogP contribution in [0.15, 0.2) is 59.4 Å². The third-order valence-electron chi connectivity index (χ3n) is 4.41. The van der Waals surface area contributed by atoms with Gasteiger partial charge in [0.25, 0.3) is 0 Å². The number of aromatic nitrogens is 3. The molecule has 158 valence electrons. The Labute approximate surface area is 176 Å². The Hall–Kier alpha value is -3.40. The summed E-state index contributed by atoms with van der Waals surface area (Å²) >= 11 is 1.59. The number of halogens is 1. The summed E-state index contributed by atoms with van der Waals surface area (Å²) in [7, 11) is 3.98. The minimum atomic E-state index is -1.27. The summed E-state index contributed by atoms with van der Waals surface area (Å²) in [6, 6.07) is 12.2. The highest BCUT2D eigenvalue weighted by atomic mass is 32.1. The van der Waals surface area contributed by atoms with Crippen LogP contribution in [0.3, 0.4) is 0 Å². The van der Waals surface area contributed by atoms with E-state index in [4.69, 9.17) is 5.11 Å². The van der Waals surface area contributed by atoms with E-state index < -0.39 is 11.8 Å². The monoisotopic (exact) mass is 431 g/mol. The summed E-state index contributed by atoms with van der Waals surface area (Å²) in [4.78, 5) is 27.2. The van der Waals surface area contributed by atoms with Gasteiger partial charge in [-0.25, -0.2) is 18.7 Å². The largest absolute Gasteiger partial charge is 0.465 e. The zero-order valence-electron chi connectivity index (χ0n) is 16.6. The van der Waals surface area contributed by atoms with Crippen molar-refractivity contribution in [1.29, 1.82) is 0 Å². The average molecular weight is 431 g/mol. The molecular formula is C20H22FN5O3S. The molecule has 0 unspecified atom stereocenters. The van der Waals surface area contributed by atoms with Crippen LogP contribution in [-0.4, -0.2) is 46.2 Å². The van der Waals surface area contributed by atoms with E-state index in [1.165, 1.54) is 10.9 Å². The van der Waals surface area contributed by atoms with Crippen molar-refractivity contribution in [2.45, 2.75) is 13.1 Å². The van der Waals surface area contributed by atoms with Gasteiger partial charge >= 0.3 is 11.8 Å². The van der Waals surface area contributed by atoms with E-state index in [1.807, 2.05) is 49.3 Å². The molecule has 1 amide bonds. The first-order chi connectivity index (χ1) is 14.4. The van der Waals surface area contributed by atoms with Gasteiger partial charge in [0.15, 0.2) is 0 Å². The molecule has 3 aromatic rings. The van der Waals surface area contributed by atoms with Gasteiger partial charge < -0.3 is 15.3 Å². The molecule has 1 aromatic carbocycles. The third-order valence-corrected chi connectivity index (χ3v) is 5.52. The van der Waals surface area contributed by atoms with Crippen LogP contribution < -0.4 is 15.9 Å². The van der Waals surface area contributed by atoms with Crippen molar-refractivity contribution in [3.63, 3.8) is 0 Å². The predicted octanol–water partition coefficient (Wildman–Crippen LogP) is 3.01. The summed E-state index contributed by atoms with van der Waals surface area (Å²) in [5.41, 5.74) is 1.91. The third kappa shape index (κ3) is 5.15. The summed E-state index contributed by atoms with van der Waals surface area (Å²) < 4.78 is 15.5. The summed E-state index contributed by atoms with van der Waals surface area (Å²) in [6.07, 6.45) is 0.417.